The summed E-state index contributed by atoms with van der Waals surface area (Å²) in [6, 6.07) is 11.7. The molecule has 3 heterocycles. The topological polar surface area (TPSA) is 110 Å². The van der Waals surface area contributed by atoms with Gasteiger partial charge in [-0.3, -0.25) is 0 Å². The Morgan fingerprint density at radius 1 is 1.24 bits per heavy atom. The number of nitrogens with one attached hydrogen (secondary N) is 2. The van der Waals surface area contributed by atoms with Gasteiger partial charge in [-0.1, -0.05) is 18.2 Å². The second-order valence-corrected chi connectivity index (χ2v) is 8.30. The minimum Gasteiger partial charge on any atom is -0.493 e. The maximum atomic E-state index is 11.0. The van der Waals surface area contributed by atoms with E-state index in [0.717, 1.165) is 35.1 Å². The Morgan fingerprint density at radius 2 is 2.03 bits per heavy atom. The van der Waals surface area contributed by atoms with E-state index in [4.69, 9.17) is 14.1 Å². The number of ether oxygens (including phenoxy) is 1. The molecule has 3 N–H and O–H groups in total. The summed E-state index contributed by atoms with van der Waals surface area (Å²) in [4.78, 5) is 4.73. The first-order valence-electron chi connectivity index (χ1n) is 10.7. The van der Waals surface area contributed by atoms with Gasteiger partial charge in [0.05, 0.1) is 19.2 Å². The number of hydrogen-bond donors (Lipinski definition) is 3. The molecule has 2 unspecified atom stereocenters. The monoisotopic (exact) mass is 566 g/mol. The first-order valence-corrected chi connectivity index (χ1v) is 10.7. The van der Waals surface area contributed by atoms with E-state index in [-0.39, 0.29) is 36.6 Å². The van der Waals surface area contributed by atoms with Crippen LogP contribution in [-0.4, -0.2) is 39.0 Å². The predicted octanol–water partition coefficient (Wildman–Crippen LogP) is 3.11. The van der Waals surface area contributed by atoms with Crippen molar-refractivity contribution < 1.29 is 14.3 Å². The summed E-state index contributed by atoms with van der Waals surface area (Å²) in [5, 5.41) is 26.0. The molecule has 9 nitrogen and oxygen atoms in total. The Bertz CT molecular complexity index is 1110. The van der Waals surface area contributed by atoms with Crippen LogP contribution in [0.2, 0.25) is 0 Å². The molecule has 0 spiro atoms. The molecule has 4 rings (SSSR count). The van der Waals surface area contributed by atoms with Crippen molar-refractivity contribution in [2.75, 3.05) is 13.2 Å². The molecule has 0 radical (unpaired) electrons. The van der Waals surface area contributed by atoms with E-state index in [0.29, 0.717) is 24.9 Å². The number of nitrogens with zero attached hydrogens (tertiary/aromatic N) is 4. The number of hydrogen-bond acceptors (Lipinski definition) is 6. The maximum Gasteiger partial charge on any atom is 0.192 e. The molecule has 10 heteroatoms. The molecule has 0 bridgehead atoms. The summed E-state index contributed by atoms with van der Waals surface area (Å²) in [7, 11) is 1.92. The van der Waals surface area contributed by atoms with Crippen LogP contribution in [0.4, 0.5) is 0 Å². The highest BCUT2D eigenvalue weighted by Crippen LogP contribution is 2.31. The number of halogens is 1. The molecule has 0 saturated carbocycles. The quantitative estimate of drug-likeness (QED) is 0.239. The summed E-state index contributed by atoms with van der Waals surface area (Å²) < 4.78 is 13.3. The van der Waals surface area contributed by atoms with Crippen molar-refractivity contribution in [3.63, 3.8) is 0 Å². The van der Waals surface area contributed by atoms with E-state index in [1.807, 2.05) is 49.7 Å². The SMILES string of the molecule is Cc1ccc(C(C)(O)CNC(=NCc2nnc(C)n2C)NC2CCOc3ccccc32)o1.I. The molecule has 3 aromatic rings. The average molecular weight is 566 g/mol. The van der Waals surface area contributed by atoms with E-state index in [1.165, 1.54) is 0 Å². The van der Waals surface area contributed by atoms with Gasteiger partial charge in [0.15, 0.2) is 11.8 Å². The van der Waals surface area contributed by atoms with Gasteiger partial charge >= 0.3 is 0 Å². The normalized spacial score (nSPS) is 17.4. The van der Waals surface area contributed by atoms with Gasteiger partial charge in [-0.05, 0) is 39.0 Å². The third kappa shape index (κ3) is 5.85. The van der Waals surface area contributed by atoms with Gasteiger partial charge in [0, 0.05) is 19.0 Å². The van der Waals surface area contributed by atoms with Gasteiger partial charge in [-0.25, -0.2) is 4.99 Å². The van der Waals surface area contributed by atoms with E-state index >= 15 is 0 Å². The van der Waals surface area contributed by atoms with Crippen LogP contribution in [-0.2, 0) is 19.2 Å². The van der Waals surface area contributed by atoms with E-state index in [2.05, 4.69) is 26.9 Å². The smallest absolute Gasteiger partial charge is 0.192 e. The fourth-order valence-corrected chi connectivity index (χ4v) is 3.62. The summed E-state index contributed by atoms with van der Waals surface area (Å²) in [6.45, 7) is 6.65. The molecule has 178 valence electrons. The Kier molecular flexibility index (Phi) is 8.01. The third-order valence-electron chi connectivity index (χ3n) is 5.70. The Morgan fingerprint density at radius 3 is 2.73 bits per heavy atom. The van der Waals surface area contributed by atoms with Crippen molar-refractivity contribution in [3.05, 3.63) is 65.1 Å². The minimum absolute atomic E-state index is 0. The maximum absolute atomic E-state index is 11.0. The van der Waals surface area contributed by atoms with Gasteiger partial charge in [-0.15, -0.1) is 34.2 Å². The lowest BCUT2D eigenvalue weighted by Crippen LogP contribution is -2.46. The standard InChI is InChI=1S/C23H30N6O3.HI/c1-15-9-10-20(32-15)23(3,30)14-25-22(24-13-21-28-27-16(2)29(21)4)26-18-11-12-31-19-8-6-5-7-17(18)19;/h5-10,18,30H,11-14H2,1-4H3,(H2,24,25,26);1H. The van der Waals surface area contributed by atoms with Crippen LogP contribution >= 0.6 is 24.0 Å². The number of furan rings is 1. The van der Waals surface area contributed by atoms with E-state index in [1.54, 1.807) is 13.0 Å². The highest BCUT2D eigenvalue weighted by atomic mass is 127. The molecule has 0 fully saturated rings. The zero-order valence-electron chi connectivity index (χ0n) is 19.3. The molecule has 1 aromatic carbocycles. The molecule has 0 saturated heterocycles. The number of guanidine groups is 1. The van der Waals surface area contributed by atoms with E-state index in [9.17, 15) is 5.11 Å². The predicted molar refractivity (Wildman–Crippen MR) is 136 cm³/mol. The van der Waals surface area contributed by atoms with Crippen LogP contribution in [0.3, 0.4) is 0 Å². The van der Waals surface area contributed by atoms with Crippen LogP contribution < -0.4 is 15.4 Å². The first kappa shape index (κ1) is 25.0. The number of aromatic nitrogens is 3. The number of para-hydroxylation sites is 1. The van der Waals surface area contributed by atoms with Crippen molar-refractivity contribution in [2.45, 2.75) is 45.4 Å². The molecule has 0 aliphatic carbocycles. The number of fused-ring (bicyclic) bond motifs is 1. The number of aliphatic hydroxyl groups is 1. The molecule has 1 aliphatic heterocycles. The number of aryl methyl sites for hydroxylation is 2. The van der Waals surface area contributed by atoms with Crippen LogP contribution in [0.1, 0.15) is 48.1 Å². The van der Waals surface area contributed by atoms with Crippen molar-refractivity contribution in [1.29, 1.82) is 0 Å². The number of benzene rings is 1. The van der Waals surface area contributed by atoms with Gasteiger partial charge in [-0.2, -0.15) is 0 Å². The molecule has 2 atom stereocenters. The van der Waals surface area contributed by atoms with Gasteiger partial charge in [0.25, 0.3) is 0 Å². The van der Waals surface area contributed by atoms with Crippen LogP contribution in [0.5, 0.6) is 5.75 Å². The first-order chi connectivity index (χ1) is 15.3. The fraction of sp³-hybridized carbons (Fsp3) is 0.435. The van der Waals surface area contributed by atoms with Crippen LogP contribution in [0, 0.1) is 13.8 Å². The highest BCUT2D eigenvalue weighted by molar-refractivity contribution is 14.0. The zero-order valence-corrected chi connectivity index (χ0v) is 21.7. The van der Waals surface area contributed by atoms with Crippen molar-refractivity contribution in [3.8, 4) is 5.75 Å². The van der Waals surface area contributed by atoms with Crippen LogP contribution in [0.25, 0.3) is 0 Å². The van der Waals surface area contributed by atoms with Crippen LogP contribution in [0.15, 0.2) is 45.8 Å². The molecular weight excluding hydrogens is 535 g/mol. The summed E-state index contributed by atoms with van der Waals surface area (Å²) in [5.41, 5.74) is -0.123. The summed E-state index contributed by atoms with van der Waals surface area (Å²) >= 11 is 0. The summed E-state index contributed by atoms with van der Waals surface area (Å²) in [6.07, 6.45) is 0.800. The second-order valence-electron chi connectivity index (χ2n) is 8.30. The second kappa shape index (κ2) is 10.6. The lowest BCUT2D eigenvalue weighted by molar-refractivity contribution is 0.0377. The fourth-order valence-electron chi connectivity index (χ4n) is 3.62. The average Bonchev–Trinajstić information content (AvgIpc) is 3.36. The lowest BCUT2D eigenvalue weighted by Gasteiger charge is -2.29. The molecule has 2 aromatic heterocycles. The molecular formula is C23H31IN6O3. The zero-order chi connectivity index (χ0) is 22.7. The Hall–Kier alpha value is -2.60. The number of aliphatic imine (C=N–C) groups is 1. The molecule has 0 amide bonds. The van der Waals surface area contributed by atoms with Crippen molar-refractivity contribution >= 4 is 29.9 Å². The molecule has 33 heavy (non-hydrogen) atoms. The van der Waals surface area contributed by atoms with Gasteiger partial charge < -0.3 is 29.5 Å². The van der Waals surface area contributed by atoms with Crippen molar-refractivity contribution in [1.82, 2.24) is 25.4 Å². The van der Waals surface area contributed by atoms with Crippen molar-refractivity contribution in [2.24, 2.45) is 12.0 Å². The van der Waals surface area contributed by atoms with E-state index < -0.39 is 5.60 Å². The Balaban J connectivity index is 0.00000306. The summed E-state index contributed by atoms with van der Waals surface area (Å²) in [5.74, 6) is 4.27. The number of rotatable bonds is 6. The highest BCUT2D eigenvalue weighted by Gasteiger charge is 2.28. The minimum atomic E-state index is -1.20. The van der Waals surface area contributed by atoms with Gasteiger partial charge in [0.2, 0.25) is 0 Å². The van der Waals surface area contributed by atoms with Gasteiger partial charge in [0.1, 0.15) is 35.2 Å². The Labute approximate surface area is 210 Å². The third-order valence-corrected chi connectivity index (χ3v) is 5.70. The molecule has 1 aliphatic rings. The largest absolute Gasteiger partial charge is 0.493 e. The lowest BCUT2D eigenvalue weighted by atomic mass is 10.0.